The Morgan fingerprint density at radius 3 is 2.56 bits per heavy atom. The Balaban J connectivity index is 1.74. The zero-order chi connectivity index (χ0) is 18.5. The number of aryl methyl sites for hydroxylation is 1. The lowest BCUT2D eigenvalue weighted by atomic mass is 9.86. The van der Waals surface area contributed by atoms with E-state index in [2.05, 4.69) is 25.7 Å². The molecule has 3 aromatic rings. The van der Waals surface area contributed by atoms with Gasteiger partial charge in [-0.05, 0) is 61.5 Å². The van der Waals surface area contributed by atoms with Crippen LogP contribution in [0.25, 0.3) is 20.4 Å². The predicted molar refractivity (Wildman–Crippen MR) is 114 cm³/mol. The first-order valence-electron chi connectivity index (χ1n) is 10.5. The van der Waals surface area contributed by atoms with Crippen molar-refractivity contribution in [2.45, 2.75) is 65.2 Å². The molecule has 0 bridgehead atoms. The molecular formula is C22H28N4S. The minimum absolute atomic E-state index is 0.473. The minimum atomic E-state index is 0.473. The zero-order valence-electron chi connectivity index (χ0n) is 16.6. The van der Waals surface area contributed by atoms with Crippen LogP contribution >= 0.6 is 11.3 Å². The molecule has 0 N–H and O–H groups in total. The highest BCUT2D eigenvalue weighted by molar-refractivity contribution is 7.26. The number of piperidine rings is 1. The Bertz CT molecular complexity index is 999. The first-order valence-corrected chi connectivity index (χ1v) is 11.3. The van der Waals surface area contributed by atoms with Crippen LogP contribution in [0.3, 0.4) is 0 Å². The van der Waals surface area contributed by atoms with Crippen molar-refractivity contribution in [2.75, 3.05) is 18.0 Å². The van der Waals surface area contributed by atoms with Gasteiger partial charge in [-0.15, -0.1) is 11.3 Å². The Morgan fingerprint density at radius 1 is 1.07 bits per heavy atom. The SMILES string of the molecule is CC1CCN(c2ncnc3c2sc2nc(C(C)C)c4c(c23)CCCC4)CC1. The van der Waals surface area contributed by atoms with E-state index in [1.54, 1.807) is 6.33 Å². The topological polar surface area (TPSA) is 41.9 Å². The van der Waals surface area contributed by atoms with Crippen LogP contribution in [-0.4, -0.2) is 28.0 Å². The van der Waals surface area contributed by atoms with Crippen molar-refractivity contribution in [3.63, 3.8) is 0 Å². The minimum Gasteiger partial charge on any atom is -0.355 e. The summed E-state index contributed by atoms with van der Waals surface area (Å²) in [5.41, 5.74) is 5.48. The van der Waals surface area contributed by atoms with E-state index >= 15 is 0 Å². The molecule has 0 unspecified atom stereocenters. The van der Waals surface area contributed by atoms with Gasteiger partial charge in [0.15, 0.2) is 0 Å². The smallest absolute Gasteiger partial charge is 0.150 e. The van der Waals surface area contributed by atoms with Crippen molar-refractivity contribution in [3.8, 4) is 0 Å². The Morgan fingerprint density at radius 2 is 1.81 bits per heavy atom. The molecule has 0 amide bonds. The summed E-state index contributed by atoms with van der Waals surface area (Å²) in [6.45, 7) is 9.11. The molecule has 4 nitrogen and oxygen atoms in total. The van der Waals surface area contributed by atoms with Crippen LogP contribution < -0.4 is 4.90 Å². The van der Waals surface area contributed by atoms with Crippen LogP contribution in [0.5, 0.6) is 0 Å². The van der Waals surface area contributed by atoms with E-state index in [4.69, 9.17) is 15.0 Å². The molecule has 1 aliphatic heterocycles. The molecule has 142 valence electrons. The molecule has 27 heavy (non-hydrogen) atoms. The highest BCUT2D eigenvalue weighted by Gasteiger charge is 2.26. The lowest BCUT2D eigenvalue weighted by molar-refractivity contribution is 0.437. The number of aromatic nitrogens is 3. The Labute approximate surface area is 165 Å². The summed E-state index contributed by atoms with van der Waals surface area (Å²) in [6, 6.07) is 0. The average molecular weight is 381 g/mol. The van der Waals surface area contributed by atoms with Crippen molar-refractivity contribution in [1.29, 1.82) is 0 Å². The number of nitrogens with zero attached hydrogens (tertiary/aromatic N) is 4. The fraction of sp³-hybridized carbons (Fsp3) is 0.591. The van der Waals surface area contributed by atoms with Gasteiger partial charge in [0, 0.05) is 24.2 Å². The van der Waals surface area contributed by atoms with Gasteiger partial charge < -0.3 is 4.90 Å². The molecule has 0 radical (unpaired) electrons. The van der Waals surface area contributed by atoms with E-state index in [9.17, 15) is 0 Å². The Hall–Kier alpha value is -1.75. The molecule has 3 aromatic heterocycles. The number of anilines is 1. The molecule has 0 saturated carbocycles. The second-order valence-corrected chi connectivity index (χ2v) is 9.64. The van der Waals surface area contributed by atoms with Gasteiger partial charge in [-0.1, -0.05) is 20.8 Å². The number of pyridine rings is 1. The summed E-state index contributed by atoms with van der Waals surface area (Å²) in [5.74, 6) is 2.43. The molecule has 1 fully saturated rings. The molecule has 1 aliphatic carbocycles. The van der Waals surface area contributed by atoms with Crippen molar-refractivity contribution >= 4 is 37.6 Å². The first-order chi connectivity index (χ1) is 13.1. The van der Waals surface area contributed by atoms with Crippen molar-refractivity contribution in [2.24, 2.45) is 5.92 Å². The van der Waals surface area contributed by atoms with Crippen molar-refractivity contribution < 1.29 is 0 Å². The zero-order valence-corrected chi connectivity index (χ0v) is 17.4. The van der Waals surface area contributed by atoms with Crippen LogP contribution in [0.15, 0.2) is 6.33 Å². The normalized spacial score (nSPS) is 18.6. The standard InChI is InChI=1S/C22H28N4S/c1-13(2)18-16-7-5-4-6-15(16)17-19-20(27-22(17)25-18)21(24-12-23-19)26-10-8-14(3)9-11-26/h12-14H,4-11H2,1-3H3. The van der Waals surface area contributed by atoms with Crippen LogP contribution in [0, 0.1) is 5.92 Å². The number of hydrogen-bond donors (Lipinski definition) is 0. The number of rotatable bonds is 2. The highest BCUT2D eigenvalue weighted by atomic mass is 32.1. The van der Waals surface area contributed by atoms with Crippen molar-refractivity contribution in [1.82, 2.24) is 15.0 Å². The summed E-state index contributed by atoms with van der Waals surface area (Å²) < 4.78 is 1.24. The van der Waals surface area contributed by atoms with Crippen LogP contribution in [0.1, 0.15) is 69.2 Å². The molecule has 2 aliphatic rings. The quantitative estimate of drug-likeness (QED) is 0.590. The van der Waals surface area contributed by atoms with Gasteiger partial charge in [-0.25, -0.2) is 15.0 Å². The molecule has 0 atom stereocenters. The maximum Gasteiger partial charge on any atom is 0.150 e. The summed E-state index contributed by atoms with van der Waals surface area (Å²) in [4.78, 5) is 18.3. The number of fused-ring (bicyclic) bond motifs is 5. The monoisotopic (exact) mass is 380 g/mol. The maximum atomic E-state index is 5.16. The summed E-state index contributed by atoms with van der Waals surface area (Å²) >= 11 is 1.81. The summed E-state index contributed by atoms with van der Waals surface area (Å²) in [6.07, 6.45) is 9.18. The fourth-order valence-electron chi connectivity index (χ4n) is 4.80. The fourth-order valence-corrected chi connectivity index (χ4v) is 5.98. The summed E-state index contributed by atoms with van der Waals surface area (Å²) in [7, 11) is 0. The predicted octanol–water partition coefficient (Wildman–Crippen LogP) is 5.48. The van der Waals surface area contributed by atoms with Crippen molar-refractivity contribution in [3.05, 3.63) is 23.1 Å². The highest BCUT2D eigenvalue weighted by Crippen LogP contribution is 2.42. The van der Waals surface area contributed by atoms with E-state index in [1.807, 2.05) is 11.3 Å². The third-order valence-electron chi connectivity index (χ3n) is 6.37. The first kappa shape index (κ1) is 17.4. The maximum absolute atomic E-state index is 5.16. The Kier molecular flexibility index (Phi) is 4.30. The molecule has 5 heteroatoms. The average Bonchev–Trinajstić information content (AvgIpc) is 3.07. The van der Waals surface area contributed by atoms with Gasteiger partial charge in [0.25, 0.3) is 0 Å². The van der Waals surface area contributed by atoms with Crippen LogP contribution in [0.4, 0.5) is 5.82 Å². The molecule has 0 aromatic carbocycles. The lowest BCUT2D eigenvalue weighted by Gasteiger charge is -2.31. The van der Waals surface area contributed by atoms with Gasteiger partial charge in [-0.3, -0.25) is 0 Å². The molecule has 1 saturated heterocycles. The second kappa shape index (κ2) is 6.69. The van der Waals surface area contributed by atoms with Crippen LogP contribution in [0.2, 0.25) is 0 Å². The van der Waals surface area contributed by atoms with E-state index < -0.39 is 0 Å². The van der Waals surface area contributed by atoms with E-state index in [0.29, 0.717) is 5.92 Å². The molecule has 5 rings (SSSR count). The third-order valence-corrected chi connectivity index (χ3v) is 7.43. The molecule has 4 heterocycles. The van der Waals surface area contributed by atoms with Gasteiger partial charge in [0.1, 0.15) is 17.0 Å². The number of hydrogen-bond acceptors (Lipinski definition) is 5. The van der Waals surface area contributed by atoms with Gasteiger partial charge >= 0.3 is 0 Å². The van der Waals surface area contributed by atoms with E-state index in [-0.39, 0.29) is 0 Å². The van der Waals surface area contributed by atoms with Gasteiger partial charge in [-0.2, -0.15) is 0 Å². The van der Waals surface area contributed by atoms with Crippen LogP contribution in [-0.2, 0) is 12.8 Å². The van der Waals surface area contributed by atoms with Gasteiger partial charge in [0.2, 0.25) is 0 Å². The third kappa shape index (κ3) is 2.82. The second-order valence-electron chi connectivity index (χ2n) is 8.64. The van der Waals surface area contributed by atoms with E-state index in [1.165, 1.54) is 70.3 Å². The lowest BCUT2D eigenvalue weighted by Crippen LogP contribution is -2.33. The molecule has 0 spiro atoms. The summed E-state index contributed by atoms with van der Waals surface area (Å²) in [5, 5.41) is 1.32. The number of thiophene rings is 1. The van der Waals surface area contributed by atoms with Gasteiger partial charge in [0.05, 0.1) is 10.2 Å². The largest absolute Gasteiger partial charge is 0.355 e. The van der Waals surface area contributed by atoms with E-state index in [0.717, 1.165) is 30.3 Å². The molecular weight excluding hydrogens is 352 g/mol.